The van der Waals surface area contributed by atoms with E-state index >= 15 is 0 Å². The van der Waals surface area contributed by atoms with Crippen LogP contribution in [-0.4, -0.2) is 11.8 Å². The second-order valence-corrected chi connectivity index (χ2v) is 8.85. The maximum absolute atomic E-state index is 14.3. The molecule has 1 aliphatic rings. The van der Waals surface area contributed by atoms with Gasteiger partial charge in [-0.05, 0) is 54.5 Å². The van der Waals surface area contributed by atoms with Crippen molar-refractivity contribution in [1.82, 2.24) is 5.32 Å². The van der Waals surface area contributed by atoms with Crippen molar-refractivity contribution in [3.63, 3.8) is 0 Å². The summed E-state index contributed by atoms with van der Waals surface area (Å²) in [6.07, 6.45) is 1.63. The van der Waals surface area contributed by atoms with Crippen LogP contribution in [0.2, 0.25) is 0 Å². The number of aryl methyl sites for hydroxylation is 1. The van der Waals surface area contributed by atoms with Crippen LogP contribution < -0.4 is 15.0 Å². The number of amides is 2. The molecule has 4 aromatic carbocycles. The maximum atomic E-state index is 14.3. The van der Waals surface area contributed by atoms with Crippen molar-refractivity contribution >= 4 is 23.6 Å². The fourth-order valence-electron chi connectivity index (χ4n) is 4.09. The molecule has 184 valence electrons. The maximum Gasteiger partial charge on any atom is 0.294 e. The van der Waals surface area contributed by atoms with Crippen molar-refractivity contribution in [1.29, 1.82) is 0 Å². The van der Waals surface area contributed by atoms with Gasteiger partial charge < -0.3 is 10.1 Å². The lowest BCUT2D eigenvalue weighted by Crippen LogP contribution is -2.37. The minimum Gasteiger partial charge on any atom is -0.449 e. The zero-order chi connectivity index (χ0) is 25.8. The lowest BCUT2D eigenvalue weighted by atomic mass is 10.1. The Labute approximate surface area is 214 Å². The number of carbonyl (C=O) groups excluding carboxylic acids is 2. The number of benzene rings is 4. The molecule has 0 radical (unpaired) electrons. The zero-order valence-corrected chi connectivity index (χ0v) is 20.3. The molecule has 0 saturated heterocycles. The molecule has 5 nitrogen and oxygen atoms in total. The molecule has 0 atom stereocenters. The van der Waals surface area contributed by atoms with Crippen molar-refractivity contribution in [2.45, 2.75) is 20.0 Å². The number of rotatable bonds is 6. The van der Waals surface area contributed by atoms with Gasteiger partial charge in [0.05, 0.1) is 12.2 Å². The van der Waals surface area contributed by atoms with Crippen molar-refractivity contribution in [3.05, 3.63) is 136 Å². The Hall–Kier alpha value is -4.71. The van der Waals surface area contributed by atoms with E-state index in [1.807, 2.05) is 37.3 Å². The lowest BCUT2D eigenvalue weighted by molar-refractivity contribution is -0.117. The molecular formula is C31H25FN2O3. The third-order valence-corrected chi connectivity index (χ3v) is 6.16. The molecule has 0 aliphatic carbocycles. The lowest BCUT2D eigenvalue weighted by Gasteiger charge is -2.30. The smallest absolute Gasteiger partial charge is 0.294 e. The molecule has 0 fully saturated rings. The van der Waals surface area contributed by atoms with Crippen LogP contribution in [0.15, 0.2) is 103 Å². The predicted octanol–water partition coefficient (Wildman–Crippen LogP) is 6.03. The number of nitrogens with one attached hydrogen (secondary N) is 1. The van der Waals surface area contributed by atoms with Crippen LogP contribution >= 0.6 is 0 Å². The molecule has 6 heteroatoms. The van der Waals surface area contributed by atoms with Gasteiger partial charge in [0.2, 0.25) is 0 Å². The van der Waals surface area contributed by atoms with Crippen LogP contribution in [0.25, 0.3) is 6.08 Å². The van der Waals surface area contributed by atoms with Gasteiger partial charge >= 0.3 is 0 Å². The van der Waals surface area contributed by atoms with E-state index in [0.717, 1.165) is 5.56 Å². The Morgan fingerprint density at radius 2 is 1.62 bits per heavy atom. The average Bonchev–Trinajstić information content (AvgIpc) is 2.92. The number of hydrogen-bond acceptors (Lipinski definition) is 3. The molecule has 4 aromatic rings. The first-order valence-corrected chi connectivity index (χ1v) is 12.0. The first-order chi connectivity index (χ1) is 18.0. The minimum absolute atomic E-state index is 0.0727. The number of halogens is 1. The number of ether oxygens (including phenoxy) is 1. The summed E-state index contributed by atoms with van der Waals surface area (Å²) >= 11 is 0. The van der Waals surface area contributed by atoms with Gasteiger partial charge in [-0.25, -0.2) is 4.39 Å². The van der Waals surface area contributed by atoms with E-state index in [-0.39, 0.29) is 29.9 Å². The van der Waals surface area contributed by atoms with Gasteiger partial charge in [-0.3, -0.25) is 14.5 Å². The van der Waals surface area contributed by atoms with Gasteiger partial charge in [0, 0.05) is 17.7 Å². The van der Waals surface area contributed by atoms with Crippen LogP contribution in [0.5, 0.6) is 5.75 Å². The Balaban J connectivity index is 1.33. The summed E-state index contributed by atoms with van der Waals surface area (Å²) in [6, 6.07) is 28.5. The van der Waals surface area contributed by atoms with Gasteiger partial charge in [0.15, 0.2) is 11.5 Å². The highest BCUT2D eigenvalue weighted by molar-refractivity contribution is 6.09. The summed E-state index contributed by atoms with van der Waals surface area (Å²) < 4.78 is 20.3. The fourth-order valence-corrected chi connectivity index (χ4v) is 4.09. The van der Waals surface area contributed by atoms with E-state index in [4.69, 9.17) is 4.74 Å². The van der Waals surface area contributed by atoms with E-state index in [9.17, 15) is 14.0 Å². The van der Waals surface area contributed by atoms with Gasteiger partial charge in [-0.2, -0.15) is 0 Å². The van der Waals surface area contributed by atoms with Gasteiger partial charge in [0.25, 0.3) is 11.8 Å². The molecule has 0 saturated carbocycles. The van der Waals surface area contributed by atoms with Gasteiger partial charge in [-0.1, -0.05) is 72.3 Å². The van der Waals surface area contributed by atoms with E-state index < -0.39 is 0 Å². The Bertz CT molecular complexity index is 1480. The highest BCUT2D eigenvalue weighted by Crippen LogP contribution is 2.36. The molecule has 0 spiro atoms. The molecule has 0 aromatic heterocycles. The Morgan fingerprint density at radius 3 is 2.38 bits per heavy atom. The molecular weight excluding hydrogens is 467 g/mol. The minimum atomic E-state index is -0.374. The van der Waals surface area contributed by atoms with E-state index in [1.165, 1.54) is 16.5 Å². The molecule has 1 aliphatic heterocycles. The third-order valence-electron chi connectivity index (χ3n) is 6.16. The summed E-state index contributed by atoms with van der Waals surface area (Å²) in [5.74, 6) is -0.305. The zero-order valence-electron chi connectivity index (χ0n) is 20.3. The summed E-state index contributed by atoms with van der Waals surface area (Å²) in [4.78, 5) is 27.5. The van der Waals surface area contributed by atoms with E-state index in [2.05, 4.69) is 5.32 Å². The van der Waals surface area contributed by atoms with Crippen molar-refractivity contribution in [3.8, 4) is 5.75 Å². The SMILES string of the molecule is Cc1ccc(CNC(=O)c2ccc(C=C3Oc4ccccc4N(Cc4ccccc4F)C3=O)cc2)cc1. The Morgan fingerprint density at radius 1 is 0.919 bits per heavy atom. The van der Waals surface area contributed by atoms with E-state index in [1.54, 1.807) is 66.7 Å². The number of carbonyl (C=O) groups is 2. The molecule has 0 bridgehead atoms. The average molecular weight is 493 g/mol. The molecule has 1 N–H and O–H groups in total. The molecule has 2 amide bonds. The van der Waals surface area contributed by atoms with Crippen LogP contribution in [0, 0.1) is 12.7 Å². The van der Waals surface area contributed by atoms with Crippen molar-refractivity contribution < 1.29 is 18.7 Å². The van der Waals surface area contributed by atoms with Crippen LogP contribution in [-0.2, 0) is 17.9 Å². The largest absolute Gasteiger partial charge is 0.449 e. The predicted molar refractivity (Wildman–Crippen MR) is 141 cm³/mol. The van der Waals surface area contributed by atoms with E-state index in [0.29, 0.717) is 34.7 Å². The second kappa shape index (κ2) is 10.5. The molecule has 1 heterocycles. The van der Waals surface area contributed by atoms with Crippen molar-refractivity contribution in [2.24, 2.45) is 0 Å². The number of nitrogens with zero attached hydrogens (tertiary/aromatic N) is 1. The van der Waals surface area contributed by atoms with Gasteiger partial charge in [-0.15, -0.1) is 0 Å². The van der Waals surface area contributed by atoms with Crippen LogP contribution in [0.4, 0.5) is 10.1 Å². The topological polar surface area (TPSA) is 58.6 Å². The second-order valence-electron chi connectivity index (χ2n) is 8.85. The van der Waals surface area contributed by atoms with Crippen molar-refractivity contribution in [2.75, 3.05) is 4.90 Å². The molecule has 0 unspecified atom stereocenters. The monoisotopic (exact) mass is 492 g/mol. The number of hydrogen-bond donors (Lipinski definition) is 1. The summed E-state index contributed by atoms with van der Waals surface area (Å²) in [5.41, 5.74) is 4.38. The van der Waals surface area contributed by atoms with Crippen LogP contribution in [0.1, 0.15) is 32.6 Å². The highest BCUT2D eigenvalue weighted by Gasteiger charge is 2.30. The van der Waals surface area contributed by atoms with Crippen LogP contribution in [0.3, 0.4) is 0 Å². The quantitative estimate of drug-likeness (QED) is 0.334. The number of fused-ring (bicyclic) bond motifs is 1. The normalized spacial score (nSPS) is 13.7. The summed E-state index contributed by atoms with van der Waals surface area (Å²) in [6.45, 7) is 2.53. The Kier molecular flexibility index (Phi) is 6.81. The molecule has 5 rings (SSSR count). The summed E-state index contributed by atoms with van der Waals surface area (Å²) in [5, 5.41) is 2.92. The number of para-hydroxylation sites is 2. The molecule has 37 heavy (non-hydrogen) atoms. The van der Waals surface area contributed by atoms with Gasteiger partial charge in [0.1, 0.15) is 5.82 Å². The first-order valence-electron chi connectivity index (χ1n) is 12.0. The highest BCUT2D eigenvalue weighted by atomic mass is 19.1. The third kappa shape index (κ3) is 5.43. The summed E-state index contributed by atoms with van der Waals surface area (Å²) in [7, 11) is 0. The standard InChI is InChI=1S/C31H25FN2O3/c1-21-10-12-23(13-11-21)19-33-30(35)24-16-14-22(15-17-24)18-29-31(36)34(20-25-6-2-3-7-26(25)32)27-8-4-5-9-28(27)37-29/h2-18H,19-20H2,1H3,(H,33,35). The fraction of sp³-hybridized carbons (Fsp3) is 0.0968. The first kappa shape index (κ1) is 24.0. The number of anilines is 1.